The summed E-state index contributed by atoms with van der Waals surface area (Å²) in [5.41, 5.74) is -3.97. The van der Waals surface area contributed by atoms with Gasteiger partial charge in [0.05, 0.1) is 20.6 Å². The van der Waals surface area contributed by atoms with E-state index in [-0.39, 0.29) is 5.56 Å². The zero-order valence-electron chi connectivity index (χ0n) is 11.2. The summed E-state index contributed by atoms with van der Waals surface area (Å²) in [6.07, 6.45) is -6.79. The summed E-state index contributed by atoms with van der Waals surface area (Å²) >= 11 is 0. The molecule has 0 unspecified atom stereocenters. The van der Waals surface area contributed by atoms with E-state index in [0.29, 0.717) is 12.9 Å². The Morgan fingerprint density at radius 3 is 2.05 bits per heavy atom. The molecule has 0 spiro atoms. The van der Waals surface area contributed by atoms with Gasteiger partial charge in [-0.2, -0.15) is 13.2 Å². The number of carbonyl (C=O) groups excluding carboxylic acids is 2. The summed E-state index contributed by atoms with van der Waals surface area (Å²) in [6.45, 7) is 0. The van der Waals surface area contributed by atoms with Crippen molar-refractivity contribution in [1.82, 2.24) is 0 Å². The zero-order valence-corrected chi connectivity index (χ0v) is 11.2. The van der Waals surface area contributed by atoms with Gasteiger partial charge in [-0.1, -0.05) is 0 Å². The molecule has 8 heteroatoms. The number of Topliss-reactive ketones (excluding diaryl/α,β-unsaturated/α-hetero) is 1. The molecule has 0 saturated heterocycles. The Kier molecular flexibility index (Phi) is 4.95. The number of halogens is 3. The van der Waals surface area contributed by atoms with Gasteiger partial charge in [0.15, 0.2) is 5.78 Å². The number of hydrogen-bond acceptors (Lipinski definition) is 5. The Labute approximate surface area is 118 Å². The number of ether oxygens (including phenoxy) is 2. The van der Waals surface area contributed by atoms with Gasteiger partial charge < -0.3 is 14.6 Å². The van der Waals surface area contributed by atoms with Crippen LogP contribution in [0, 0.1) is 0 Å². The summed E-state index contributed by atoms with van der Waals surface area (Å²) < 4.78 is 47.2. The first-order valence-electron chi connectivity index (χ1n) is 5.70. The third-order valence-electron chi connectivity index (χ3n) is 2.82. The molecule has 0 aliphatic rings. The van der Waals surface area contributed by atoms with Crippen LogP contribution in [0.4, 0.5) is 13.2 Å². The van der Waals surface area contributed by atoms with E-state index in [1.807, 2.05) is 0 Å². The molecule has 1 N–H and O–H groups in total. The van der Waals surface area contributed by atoms with Crippen LogP contribution in [0.5, 0.6) is 5.75 Å². The first-order chi connectivity index (χ1) is 9.65. The Hall–Kier alpha value is -2.09. The third-order valence-corrected chi connectivity index (χ3v) is 2.82. The van der Waals surface area contributed by atoms with Crippen LogP contribution in [0.3, 0.4) is 0 Å². The molecule has 0 radical (unpaired) electrons. The molecular weight excluding hydrogens is 293 g/mol. The quantitative estimate of drug-likeness (QED) is 0.662. The van der Waals surface area contributed by atoms with Gasteiger partial charge in [0.2, 0.25) is 0 Å². The highest BCUT2D eigenvalue weighted by atomic mass is 19.4. The summed E-state index contributed by atoms with van der Waals surface area (Å²) in [7, 11) is 2.08. The van der Waals surface area contributed by atoms with Crippen LogP contribution in [-0.4, -0.2) is 42.9 Å². The lowest BCUT2D eigenvalue weighted by atomic mass is 9.93. The van der Waals surface area contributed by atoms with Gasteiger partial charge in [0, 0.05) is 5.56 Å². The van der Waals surface area contributed by atoms with Crippen molar-refractivity contribution in [2.75, 3.05) is 14.2 Å². The van der Waals surface area contributed by atoms with Crippen LogP contribution >= 0.6 is 0 Å². The van der Waals surface area contributed by atoms with Crippen molar-refractivity contribution in [3.05, 3.63) is 29.8 Å². The SMILES string of the molecule is COC(=O)[C@@](O)(CC(=O)c1ccc(OC)cc1)C(F)(F)F. The molecule has 116 valence electrons. The smallest absolute Gasteiger partial charge is 0.428 e. The number of hydrogen-bond donors (Lipinski definition) is 1. The van der Waals surface area contributed by atoms with Crippen molar-refractivity contribution in [3.8, 4) is 5.75 Å². The van der Waals surface area contributed by atoms with E-state index in [9.17, 15) is 27.9 Å². The van der Waals surface area contributed by atoms with Crippen LogP contribution in [0.2, 0.25) is 0 Å². The highest BCUT2D eigenvalue weighted by Gasteiger charge is 2.61. The maximum absolute atomic E-state index is 12.8. The second-order valence-electron chi connectivity index (χ2n) is 4.18. The first kappa shape index (κ1) is 17.0. The fourth-order valence-corrected chi connectivity index (χ4v) is 1.57. The fourth-order valence-electron chi connectivity index (χ4n) is 1.57. The van der Waals surface area contributed by atoms with E-state index >= 15 is 0 Å². The first-order valence-corrected chi connectivity index (χ1v) is 5.70. The van der Waals surface area contributed by atoms with E-state index in [2.05, 4.69) is 4.74 Å². The highest BCUT2D eigenvalue weighted by Crippen LogP contribution is 2.35. The molecule has 0 aliphatic heterocycles. The molecule has 1 atom stereocenters. The number of ketones is 1. The van der Waals surface area contributed by atoms with Gasteiger partial charge in [0.1, 0.15) is 5.75 Å². The topological polar surface area (TPSA) is 72.8 Å². The number of aliphatic hydroxyl groups is 1. The van der Waals surface area contributed by atoms with E-state index in [1.54, 1.807) is 0 Å². The molecule has 0 amide bonds. The number of carbonyl (C=O) groups is 2. The Morgan fingerprint density at radius 2 is 1.67 bits per heavy atom. The second kappa shape index (κ2) is 6.13. The van der Waals surface area contributed by atoms with Gasteiger partial charge >= 0.3 is 12.1 Å². The Morgan fingerprint density at radius 1 is 1.14 bits per heavy atom. The van der Waals surface area contributed by atoms with Gasteiger partial charge in [0.25, 0.3) is 5.60 Å². The second-order valence-corrected chi connectivity index (χ2v) is 4.18. The summed E-state index contributed by atoms with van der Waals surface area (Å²) in [4.78, 5) is 23.0. The van der Waals surface area contributed by atoms with Gasteiger partial charge in [-0.15, -0.1) is 0 Å². The summed E-state index contributed by atoms with van der Waals surface area (Å²) in [5.74, 6) is -2.58. The number of esters is 1. The number of alkyl halides is 3. The van der Waals surface area contributed by atoms with Crippen molar-refractivity contribution < 1.29 is 37.3 Å². The van der Waals surface area contributed by atoms with Crippen molar-refractivity contribution in [1.29, 1.82) is 0 Å². The lowest BCUT2D eigenvalue weighted by molar-refractivity contribution is -0.260. The third kappa shape index (κ3) is 3.52. The number of rotatable bonds is 5. The number of methoxy groups -OCH3 is 2. The average Bonchev–Trinajstić information content (AvgIpc) is 2.45. The lowest BCUT2D eigenvalue weighted by Gasteiger charge is -2.26. The largest absolute Gasteiger partial charge is 0.497 e. The fraction of sp³-hybridized carbons (Fsp3) is 0.385. The van der Waals surface area contributed by atoms with E-state index < -0.39 is 30.0 Å². The Balaban J connectivity index is 3.03. The van der Waals surface area contributed by atoms with Gasteiger partial charge in [-0.05, 0) is 24.3 Å². The normalized spacial score (nSPS) is 14.2. The highest BCUT2D eigenvalue weighted by molar-refractivity contribution is 6.00. The van der Waals surface area contributed by atoms with Gasteiger partial charge in [-0.3, -0.25) is 4.79 Å². The maximum Gasteiger partial charge on any atom is 0.428 e. The molecule has 0 heterocycles. The van der Waals surface area contributed by atoms with Crippen LogP contribution in [0.25, 0.3) is 0 Å². The molecule has 0 aliphatic carbocycles. The minimum Gasteiger partial charge on any atom is -0.497 e. The van der Waals surface area contributed by atoms with E-state index in [4.69, 9.17) is 4.74 Å². The zero-order chi connectivity index (χ0) is 16.3. The molecule has 0 saturated carbocycles. The van der Waals surface area contributed by atoms with Crippen molar-refractivity contribution >= 4 is 11.8 Å². The molecule has 0 aromatic heterocycles. The minimum atomic E-state index is -5.33. The molecule has 0 bridgehead atoms. The standard InChI is InChI=1S/C13H13F3O5/c1-20-9-5-3-8(4-6-9)10(17)7-12(19,11(18)21-2)13(14,15)16/h3-6,19H,7H2,1-2H3/t12-/m0/s1. The minimum absolute atomic E-state index is 0.0950. The predicted molar refractivity (Wildman–Crippen MR) is 65.0 cm³/mol. The van der Waals surface area contributed by atoms with Crippen LogP contribution in [0.15, 0.2) is 24.3 Å². The summed E-state index contributed by atoms with van der Waals surface area (Å²) in [6, 6.07) is 5.21. The van der Waals surface area contributed by atoms with E-state index in [1.165, 1.54) is 31.4 Å². The lowest BCUT2D eigenvalue weighted by Crippen LogP contribution is -2.54. The molecule has 5 nitrogen and oxygen atoms in total. The van der Waals surface area contributed by atoms with E-state index in [0.717, 1.165) is 0 Å². The maximum atomic E-state index is 12.8. The van der Waals surface area contributed by atoms with Crippen LogP contribution < -0.4 is 4.74 Å². The average molecular weight is 306 g/mol. The summed E-state index contributed by atoms with van der Waals surface area (Å²) in [5, 5.41) is 9.50. The predicted octanol–water partition coefficient (Wildman–Crippen LogP) is 1.73. The molecular formula is C13H13F3O5. The number of benzene rings is 1. The Bertz CT molecular complexity index is 524. The molecule has 1 aromatic carbocycles. The van der Waals surface area contributed by atoms with Gasteiger partial charge in [-0.25, -0.2) is 4.79 Å². The molecule has 0 fully saturated rings. The monoisotopic (exact) mass is 306 g/mol. The molecule has 21 heavy (non-hydrogen) atoms. The van der Waals surface area contributed by atoms with Crippen molar-refractivity contribution in [2.45, 2.75) is 18.2 Å². The van der Waals surface area contributed by atoms with Crippen molar-refractivity contribution in [3.63, 3.8) is 0 Å². The van der Waals surface area contributed by atoms with Crippen LogP contribution in [-0.2, 0) is 9.53 Å². The van der Waals surface area contributed by atoms with Crippen LogP contribution in [0.1, 0.15) is 16.8 Å². The molecule has 1 aromatic rings. The molecule has 1 rings (SSSR count). The van der Waals surface area contributed by atoms with Crippen molar-refractivity contribution in [2.24, 2.45) is 0 Å².